The number of halogens is 1. The molecule has 0 unspecified atom stereocenters. The van der Waals surface area contributed by atoms with Crippen molar-refractivity contribution in [3.8, 4) is 0 Å². The van der Waals surface area contributed by atoms with Crippen molar-refractivity contribution in [3.63, 3.8) is 0 Å². The molecule has 0 aromatic carbocycles. The highest BCUT2D eigenvalue weighted by Crippen LogP contribution is 2.16. The molecule has 0 aliphatic carbocycles. The molecule has 0 aliphatic heterocycles. The second-order valence-corrected chi connectivity index (χ2v) is 6.50. The number of nitrogens with zero attached hydrogens (tertiary/aromatic N) is 4. The van der Waals surface area contributed by atoms with Gasteiger partial charge in [0.15, 0.2) is 11.8 Å². The van der Waals surface area contributed by atoms with Crippen LogP contribution in [0, 0.1) is 20.8 Å². The third-order valence-electron chi connectivity index (χ3n) is 3.22. The standard InChI is InChI=1S/C15H24N6OS.HI/c1-5-16-15(18-9-14-19-10(2)11(3)23-14)17-8-6-7-13-20-12(4)21-22-13;/h5-9H2,1-4H3,(H2,16,17,18);1H. The van der Waals surface area contributed by atoms with Gasteiger partial charge in [-0.05, 0) is 34.1 Å². The van der Waals surface area contributed by atoms with E-state index in [1.54, 1.807) is 11.3 Å². The number of nitrogens with one attached hydrogen (secondary N) is 2. The fraction of sp³-hybridized carbons (Fsp3) is 0.600. The van der Waals surface area contributed by atoms with Crippen molar-refractivity contribution < 1.29 is 4.52 Å². The number of aryl methyl sites for hydroxylation is 4. The second-order valence-electron chi connectivity index (χ2n) is 5.21. The van der Waals surface area contributed by atoms with Gasteiger partial charge in [-0.2, -0.15) is 4.98 Å². The maximum atomic E-state index is 5.10. The first-order valence-electron chi connectivity index (χ1n) is 7.82. The lowest BCUT2D eigenvalue weighted by atomic mass is 10.3. The Bertz CT molecular complexity index is 635. The van der Waals surface area contributed by atoms with Crippen LogP contribution in [-0.4, -0.2) is 34.2 Å². The lowest BCUT2D eigenvalue weighted by molar-refractivity contribution is 0.372. The summed E-state index contributed by atoms with van der Waals surface area (Å²) in [5.41, 5.74) is 1.09. The smallest absolute Gasteiger partial charge is 0.226 e. The van der Waals surface area contributed by atoms with Crippen LogP contribution in [0.1, 0.15) is 40.6 Å². The molecule has 2 N–H and O–H groups in total. The molecule has 0 saturated heterocycles. The van der Waals surface area contributed by atoms with Gasteiger partial charge in [0.2, 0.25) is 5.89 Å². The minimum absolute atomic E-state index is 0. The summed E-state index contributed by atoms with van der Waals surface area (Å²) in [6.45, 7) is 10.2. The van der Waals surface area contributed by atoms with Crippen LogP contribution in [0.3, 0.4) is 0 Å². The molecule has 2 aromatic rings. The molecule has 0 fully saturated rings. The first kappa shape index (κ1) is 20.8. The van der Waals surface area contributed by atoms with Gasteiger partial charge in [0.25, 0.3) is 0 Å². The molecule has 9 heteroatoms. The zero-order chi connectivity index (χ0) is 16.7. The third-order valence-corrected chi connectivity index (χ3v) is 4.28. The van der Waals surface area contributed by atoms with Gasteiger partial charge in [-0.15, -0.1) is 35.3 Å². The van der Waals surface area contributed by atoms with E-state index in [0.29, 0.717) is 18.3 Å². The zero-order valence-electron chi connectivity index (χ0n) is 14.5. The number of rotatable bonds is 7. The van der Waals surface area contributed by atoms with E-state index in [1.807, 2.05) is 13.8 Å². The molecule has 134 valence electrons. The van der Waals surface area contributed by atoms with Crippen molar-refractivity contribution in [2.24, 2.45) is 4.99 Å². The van der Waals surface area contributed by atoms with Gasteiger partial charge >= 0.3 is 0 Å². The first-order chi connectivity index (χ1) is 11.1. The molecule has 0 bridgehead atoms. The van der Waals surface area contributed by atoms with E-state index in [4.69, 9.17) is 4.52 Å². The summed E-state index contributed by atoms with van der Waals surface area (Å²) < 4.78 is 5.10. The van der Waals surface area contributed by atoms with Crippen LogP contribution in [0.2, 0.25) is 0 Å². The van der Waals surface area contributed by atoms with Crippen molar-refractivity contribution >= 4 is 41.3 Å². The molecule has 0 spiro atoms. The fourth-order valence-electron chi connectivity index (χ4n) is 1.98. The van der Waals surface area contributed by atoms with Crippen LogP contribution >= 0.6 is 35.3 Å². The van der Waals surface area contributed by atoms with Crippen LogP contribution < -0.4 is 10.6 Å². The van der Waals surface area contributed by atoms with Gasteiger partial charge in [-0.1, -0.05) is 5.16 Å². The molecule has 0 aliphatic rings. The van der Waals surface area contributed by atoms with E-state index < -0.39 is 0 Å². The average Bonchev–Trinajstić information content (AvgIpc) is 3.07. The Morgan fingerprint density at radius 2 is 2.00 bits per heavy atom. The normalized spacial score (nSPS) is 11.2. The van der Waals surface area contributed by atoms with E-state index in [0.717, 1.165) is 42.6 Å². The Balaban J connectivity index is 0.00000288. The van der Waals surface area contributed by atoms with Gasteiger partial charge in [0.1, 0.15) is 5.01 Å². The molecule has 0 atom stereocenters. The quantitative estimate of drug-likeness (QED) is 0.284. The highest BCUT2D eigenvalue weighted by molar-refractivity contribution is 14.0. The van der Waals surface area contributed by atoms with Gasteiger partial charge < -0.3 is 15.2 Å². The van der Waals surface area contributed by atoms with Gasteiger partial charge in [0, 0.05) is 24.4 Å². The maximum Gasteiger partial charge on any atom is 0.226 e. The molecule has 2 aromatic heterocycles. The fourth-order valence-corrected chi connectivity index (χ4v) is 2.84. The van der Waals surface area contributed by atoms with Crippen LogP contribution in [0.5, 0.6) is 0 Å². The van der Waals surface area contributed by atoms with Crippen molar-refractivity contribution in [1.82, 2.24) is 25.8 Å². The molecule has 0 radical (unpaired) electrons. The SMILES string of the molecule is CCNC(=NCc1nc(C)c(C)s1)NCCCc1nc(C)no1.I. The third kappa shape index (κ3) is 6.71. The lowest BCUT2D eigenvalue weighted by Crippen LogP contribution is -2.37. The molecule has 7 nitrogen and oxygen atoms in total. The van der Waals surface area contributed by atoms with Crippen molar-refractivity contribution in [3.05, 3.63) is 27.3 Å². The van der Waals surface area contributed by atoms with Gasteiger partial charge in [-0.3, -0.25) is 0 Å². The van der Waals surface area contributed by atoms with E-state index in [2.05, 4.69) is 44.6 Å². The number of hydrogen-bond donors (Lipinski definition) is 2. The predicted molar refractivity (Wildman–Crippen MR) is 107 cm³/mol. The summed E-state index contributed by atoms with van der Waals surface area (Å²) in [6, 6.07) is 0. The zero-order valence-corrected chi connectivity index (χ0v) is 17.7. The maximum absolute atomic E-state index is 5.10. The summed E-state index contributed by atoms with van der Waals surface area (Å²) >= 11 is 1.70. The van der Waals surface area contributed by atoms with Crippen molar-refractivity contribution in [2.75, 3.05) is 13.1 Å². The topological polar surface area (TPSA) is 88.2 Å². The Kier molecular flexibility index (Phi) is 9.19. The van der Waals surface area contributed by atoms with Gasteiger partial charge in [-0.25, -0.2) is 9.98 Å². The molecular formula is C15H25IN6OS. The summed E-state index contributed by atoms with van der Waals surface area (Å²) in [7, 11) is 0. The molecule has 0 amide bonds. The number of hydrogen-bond acceptors (Lipinski definition) is 6. The van der Waals surface area contributed by atoms with Gasteiger partial charge in [0.05, 0.1) is 12.2 Å². The van der Waals surface area contributed by atoms with E-state index >= 15 is 0 Å². The number of thiazole rings is 1. The highest BCUT2D eigenvalue weighted by atomic mass is 127. The second kappa shape index (κ2) is 10.6. The Morgan fingerprint density at radius 3 is 2.58 bits per heavy atom. The molecule has 2 rings (SSSR count). The largest absolute Gasteiger partial charge is 0.357 e. The first-order valence-corrected chi connectivity index (χ1v) is 8.64. The number of guanidine groups is 1. The van der Waals surface area contributed by atoms with Crippen LogP contribution in [0.15, 0.2) is 9.52 Å². The monoisotopic (exact) mass is 464 g/mol. The van der Waals surface area contributed by atoms with Crippen LogP contribution in [0.25, 0.3) is 0 Å². The minimum atomic E-state index is 0. The van der Waals surface area contributed by atoms with Crippen LogP contribution in [0.4, 0.5) is 0 Å². The Labute approximate surface area is 163 Å². The molecule has 2 heterocycles. The average molecular weight is 464 g/mol. The summed E-state index contributed by atoms with van der Waals surface area (Å²) in [5.74, 6) is 2.16. The highest BCUT2D eigenvalue weighted by Gasteiger charge is 2.05. The van der Waals surface area contributed by atoms with Crippen molar-refractivity contribution in [2.45, 2.75) is 47.1 Å². The Hall–Kier alpha value is -1.23. The van der Waals surface area contributed by atoms with E-state index in [9.17, 15) is 0 Å². The van der Waals surface area contributed by atoms with Crippen molar-refractivity contribution in [1.29, 1.82) is 0 Å². The number of aliphatic imine (C=N–C) groups is 1. The van der Waals surface area contributed by atoms with E-state index in [1.165, 1.54) is 4.88 Å². The predicted octanol–water partition coefficient (Wildman–Crippen LogP) is 2.76. The van der Waals surface area contributed by atoms with E-state index in [-0.39, 0.29) is 24.0 Å². The number of aromatic nitrogens is 3. The Morgan fingerprint density at radius 1 is 1.21 bits per heavy atom. The summed E-state index contributed by atoms with van der Waals surface area (Å²) in [6.07, 6.45) is 1.67. The minimum Gasteiger partial charge on any atom is -0.357 e. The summed E-state index contributed by atoms with van der Waals surface area (Å²) in [5, 5.41) is 11.4. The molecular weight excluding hydrogens is 439 g/mol. The molecule has 24 heavy (non-hydrogen) atoms. The van der Waals surface area contributed by atoms with Crippen LogP contribution in [-0.2, 0) is 13.0 Å². The molecule has 0 saturated carbocycles. The summed E-state index contributed by atoms with van der Waals surface area (Å²) in [4.78, 5) is 14.5. The lowest BCUT2D eigenvalue weighted by Gasteiger charge is -2.10.